The van der Waals surface area contributed by atoms with Crippen LogP contribution in [0.25, 0.3) is 5.76 Å². The summed E-state index contributed by atoms with van der Waals surface area (Å²) in [4.78, 5) is 16.6. The largest absolute Gasteiger partial charge is 0.507 e. The fourth-order valence-corrected chi connectivity index (χ4v) is 6.36. The van der Waals surface area contributed by atoms with Crippen molar-refractivity contribution < 1.29 is 9.90 Å². The average Bonchev–Trinajstić information content (AvgIpc) is 3.35. The first-order valence-electron chi connectivity index (χ1n) is 11.7. The maximum Gasteiger partial charge on any atom is 0.162 e. The van der Waals surface area contributed by atoms with Crippen LogP contribution in [0.5, 0.6) is 0 Å². The first-order chi connectivity index (χ1) is 17.1. The van der Waals surface area contributed by atoms with Crippen LogP contribution in [0.2, 0.25) is 10.0 Å². The number of aliphatic hydroxyl groups excluding tert-OH is 1. The predicted octanol–water partition coefficient (Wildman–Crippen LogP) is 8.56. The van der Waals surface area contributed by atoms with Crippen LogP contribution >= 0.6 is 34.5 Å². The van der Waals surface area contributed by atoms with Crippen LogP contribution in [0.4, 0.5) is 5.69 Å². The molecule has 2 N–H and O–H groups in total. The highest BCUT2D eigenvalue weighted by molar-refractivity contribution is 7.10. The Bertz CT molecular complexity index is 1440. The summed E-state index contributed by atoms with van der Waals surface area (Å²) in [6.07, 6.45) is 1.03. The van der Waals surface area contributed by atoms with E-state index in [4.69, 9.17) is 23.2 Å². The van der Waals surface area contributed by atoms with Crippen molar-refractivity contribution in [2.45, 2.75) is 39.5 Å². The molecule has 1 unspecified atom stereocenters. The van der Waals surface area contributed by atoms with Crippen molar-refractivity contribution in [3.05, 3.63) is 103 Å². The Balaban J connectivity index is 1.86. The van der Waals surface area contributed by atoms with Crippen LogP contribution < -0.4 is 4.90 Å². The Morgan fingerprint density at radius 3 is 2.47 bits per heavy atom. The fourth-order valence-electron chi connectivity index (χ4n) is 5.22. The van der Waals surface area contributed by atoms with Gasteiger partial charge in [0.2, 0.25) is 0 Å². The van der Waals surface area contributed by atoms with Crippen LogP contribution in [0, 0.1) is 17.7 Å². The number of aliphatic hydroxyl groups is 1. The number of thiophene rings is 1. The van der Waals surface area contributed by atoms with Gasteiger partial charge in [0.25, 0.3) is 0 Å². The second-order valence-electron chi connectivity index (χ2n) is 10.1. The second-order valence-corrected chi connectivity index (χ2v) is 11.9. The fraction of sp³-hybridized carbons (Fsp3) is 0.241. The van der Waals surface area contributed by atoms with E-state index >= 15 is 0 Å². The van der Waals surface area contributed by atoms with Gasteiger partial charge in [0.15, 0.2) is 5.78 Å². The van der Waals surface area contributed by atoms with Crippen LogP contribution in [0.1, 0.15) is 48.6 Å². The topological polar surface area (TPSA) is 64.4 Å². The van der Waals surface area contributed by atoms with Crippen molar-refractivity contribution in [1.82, 2.24) is 0 Å². The number of benzene rings is 2. The monoisotopic (exact) mass is 536 g/mol. The number of allylic oxidation sites excluding steroid dienone is 2. The van der Waals surface area contributed by atoms with Gasteiger partial charge in [-0.15, -0.1) is 11.3 Å². The van der Waals surface area contributed by atoms with Gasteiger partial charge in [-0.05, 0) is 72.2 Å². The molecule has 0 spiro atoms. The number of nitrogens with zero attached hydrogens (tertiary/aromatic N) is 1. The van der Waals surface area contributed by atoms with Gasteiger partial charge in [0, 0.05) is 38.2 Å². The third-order valence-electron chi connectivity index (χ3n) is 6.90. The highest BCUT2D eigenvalue weighted by atomic mass is 35.5. The summed E-state index contributed by atoms with van der Waals surface area (Å²) in [5.74, 6) is -0.403. The lowest BCUT2D eigenvalue weighted by atomic mass is 9.68. The number of halogens is 2. The number of hydrogen-bond donors (Lipinski definition) is 2. The standard InChI is InChI=1S/C29H26Cl2N2O2S/c1-16-19(31)6-4-7-20(16)33-21-14-29(2,3)15-22(34)24(21)25(23-8-5-13-36-23)26(28(33)32)27(35)17-9-11-18(30)12-10-17/h4-13,25,32,35H,14-15H2,1-3H3/b27-26+,32-28?. The number of nitrogens with one attached hydrogen (secondary N) is 1. The molecule has 5 rings (SSSR count). The summed E-state index contributed by atoms with van der Waals surface area (Å²) in [7, 11) is 0. The van der Waals surface area contributed by atoms with Gasteiger partial charge in [0.1, 0.15) is 11.6 Å². The van der Waals surface area contributed by atoms with Crippen molar-refractivity contribution in [2.24, 2.45) is 5.41 Å². The summed E-state index contributed by atoms with van der Waals surface area (Å²) in [6.45, 7) is 6.07. The molecule has 0 radical (unpaired) electrons. The molecule has 1 atom stereocenters. The molecule has 7 heteroatoms. The minimum Gasteiger partial charge on any atom is -0.507 e. The predicted molar refractivity (Wildman–Crippen MR) is 150 cm³/mol. The van der Waals surface area contributed by atoms with Crippen LogP contribution in [-0.2, 0) is 4.79 Å². The molecule has 0 saturated carbocycles. The first-order valence-corrected chi connectivity index (χ1v) is 13.4. The first kappa shape index (κ1) is 24.8. The van der Waals surface area contributed by atoms with Gasteiger partial charge in [-0.3, -0.25) is 15.1 Å². The third kappa shape index (κ3) is 4.19. The number of rotatable bonds is 3. The van der Waals surface area contributed by atoms with Crippen molar-refractivity contribution in [2.75, 3.05) is 4.90 Å². The van der Waals surface area contributed by atoms with Crippen LogP contribution in [0.15, 0.2) is 76.8 Å². The molecule has 0 amide bonds. The van der Waals surface area contributed by atoms with Gasteiger partial charge >= 0.3 is 0 Å². The van der Waals surface area contributed by atoms with Crippen molar-refractivity contribution in [3.63, 3.8) is 0 Å². The Hall–Kier alpha value is -2.86. The third-order valence-corrected chi connectivity index (χ3v) is 8.50. The molecule has 0 saturated heterocycles. The molecule has 3 aromatic rings. The molecule has 4 nitrogen and oxygen atoms in total. The number of carbonyl (C=O) groups excluding carboxylic acids is 1. The lowest BCUT2D eigenvalue weighted by Gasteiger charge is -2.45. The zero-order valence-electron chi connectivity index (χ0n) is 20.2. The zero-order valence-corrected chi connectivity index (χ0v) is 22.6. The molecule has 0 fully saturated rings. The quantitative estimate of drug-likeness (QED) is 0.329. The van der Waals surface area contributed by atoms with E-state index in [1.165, 1.54) is 11.3 Å². The highest BCUT2D eigenvalue weighted by Gasteiger charge is 2.47. The van der Waals surface area contributed by atoms with Crippen molar-refractivity contribution >= 4 is 57.6 Å². The molecule has 0 bridgehead atoms. The summed E-state index contributed by atoms with van der Waals surface area (Å²) in [5.41, 5.74) is 3.66. The van der Waals surface area contributed by atoms with Crippen molar-refractivity contribution in [3.8, 4) is 0 Å². The van der Waals surface area contributed by atoms with E-state index in [2.05, 4.69) is 13.8 Å². The number of carbonyl (C=O) groups is 1. The van der Waals surface area contributed by atoms with Crippen LogP contribution in [-0.4, -0.2) is 16.7 Å². The van der Waals surface area contributed by atoms with Gasteiger partial charge in [-0.25, -0.2) is 0 Å². The second kappa shape index (κ2) is 9.22. The van der Waals surface area contributed by atoms with E-state index in [-0.39, 0.29) is 22.8 Å². The molecule has 1 aliphatic carbocycles. The maximum atomic E-state index is 13.8. The number of hydrogen-bond acceptors (Lipinski definition) is 4. The number of amidine groups is 1. The molecular weight excluding hydrogens is 511 g/mol. The number of ketones is 1. The van der Waals surface area contributed by atoms with E-state index in [1.54, 1.807) is 24.3 Å². The van der Waals surface area contributed by atoms with Gasteiger partial charge < -0.3 is 5.11 Å². The van der Waals surface area contributed by atoms with Gasteiger partial charge in [0.05, 0.1) is 17.2 Å². The molecular formula is C29H26Cl2N2O2S. The summed E-state index contributed by atoms with van der Waals surface area (Å²) in [6, 6.07) is 16.4. The molecule has 36 heavy (non-hydrogen) atoms. The number of Topliss-reactive ketones (excluding diaryl/α,β-unsaturated/α-hetero) is 1. The SMILES string of the molecule is Cc1c(Cl)cccc1N1C(=N)/C(=C(/O)c2ccc(Cl)cc2)C(c2cccs2)C2=C1CC(C)(C)CC2=O. The Labute approximate surface area is 225 Å². The maximum absolute atomic E-state index is 13.8. The normalized spacial score (nSPS) is 21.0. The summed E-state index contributed by atoms with van der Waals surface area (Å²) < 4.78 is 0. The minimum atomic E-state index is -0.539. The van der Waals surface area contributed by atoms with Gasteiger partial charge in [-0.2, -0.15) is 0 Å². The molecule has 1 aromatic heterocycles. The van der Waals surface area contributed by atoms with Crippen LogP contribution in [0.3, 0.4) is 0 Å². The molecule has 1 aliphatic heterocycles. The van der Waals surface area contributed by atoms with Crippen molar-refractivity contribution in [1.29, 1.82) is 5.41 Å². The lowest BCUT2D eigenvalue weighted by molar-refractivity contribution is -0.118. The molecule has 184 valence electrons. The number of anilines is 1. The van der Waals surface area contributed by atoms with E-state index in [0.717, 1.165) is 21.8 Å². The molecule has 2 heterocycles. The minimum absolute atomic E-state index is 0.0380. The Kier molecular flexibility index (Phi) is 6.36. The smallest absolute Gasteiger partial charge is 0.162 e. The zero-order chi connectivity index (χ0) is 25.8. The average molecular weight is 538 g/mol. The lowest BCUT2D eigenvalue weighted by Crippen LogP contribution is -2.45. The Morgan fingerprint density at radius 2 is 1.81 bits per heavy atom. The summed E-state index contributed by atoms with van der Waals surface area (Å²) >= 11 is 14.1. The molecule has 2 aliphatic rings. The van der Waals surface area contributed by atoms with E-state index in [9.17, 15) is 15.3 Å². The van der Waals surface area contributed by atoms with E-state index in [0.29, 0.717) is 39.6 Å². The highest BCUT2D eigenvalue weighted by Crippen LogP contribution is 2.52. The van der Waals surface area contributed by atoms with E-state index < -0.39 is 5.92 Å². The van der Waals surface area contributed by atoms with Gasteiger partial charge in [-0.1, -0.05) is 49.2 Å². The molecule has 2 aromatic carbocycles. The summed E-state index contributed by atoms with van der Waals surface area (Å²) in [5, 5.41) is 24.2. The van der Waals surface area contributed by atoms with E-state index in [1.807, 2.05) is 47.5 Å². The Morgan fingerprint density at radius 1 is 1.08 bits per heavy atom.